The fourth-order valence-electron chi connectivity index (χ4n) is 6.39. The van der Waals surface area contributed by atoms with E-state index in [1.165, 1.54) is 76.5 Å². The Morgan fingerprint density at radius 1 is 0.341 bits per heavy atom. The highest BCUT2D eigenvalue weighted by atomic mass is 79.9. The minimum atomic E-state index is 1.14. The van der Waals surface area contributed by atoms with Gasteiger partial charge in [-0.25, -0.2) is 0 Å². The number of halogens is 1. The third-order valence-electron chi connectivity index (χ3n) is 8.28. The highest BCUT2D eigenvalue weighted by molar-refractivity contribution is 9.10. The Morgan fingerprint density at radius 3 is 1.78 bits per heavy atom. The van der Waals surface area contributed by atoms with Gasteiger partial charge in [0.1, 0.15) is 0 Å². The molecule has 0 saturated heterocycles. The molecule has 8 aromatic rings. The molecule has 0 N–H and O–H groups in total. The van der Waals surface area contributed by atoms with Crippen molar-refractivity contribution >= 4 is 59.0 Å². The van der Waals surface area contributed by atoms with Crippen LogP contribution in [-0.4, -0.2) is 0 Å². The molecule has 0 saturated carbocycles. The predicted molar refractivity (Wildman–Crippen MR) is 180 cm³/mol. The normalized spacial score (nSPS) is 11.5. The first kappa shape index (κ1) is 24.1. The van der Waals surface area contributed by atoms with Crippen LogP contribution in [0.25, 0.3) is 76.5 Å². The second-order valence-corrected chi connectivity index (χ2v) is 11.4. The highest BCUT2D eigenvalue weighted by Crippen LogP contribution is 2.46. The maximum atomic E-state index is 4.09. The molecule has 0 unspecified atom stereocenters. The monoisotopic (exact) mass is 584 g/mol. The predicted octanol–water partition coefficient (Wildman–Crippen LogP) is 12.1. The van der Waals surface area contributed by atoms with Crippen LogP contribution in [0.5, 0.6) is 0 Å². The van der Waals surface area contributed by atoms with E-state index in [9.17, 15) is 0 Å². The zero-order valence-electron chi connectivity index (χ0n) is 22.3. The van der Waals surface area contributed by atoms with Crippen LogP contribution in [0.1, 0.15) is 0 Å². The lowest BCUT2D eigenvalue weighted by Crippen LogP contribution is -1.91. The summed E-state index contributed by atoms with van der Waals surface area (Å²) >= 11 is 4.09. The Morgan fingerprint density at radius 2 is 0.927 bits per heavy atom. The van der Waals surface area contributed by atoms with Gasteiger partial charge >= 0.3 is 0 Å². The van der Waals surface area contributed by atoms with Crippen molar-refractivity contribution in [3.8, 4) is 33.4 Å². The summed E-state index contributed by atoms with van der Waals surface area (Å²) in [6, 6.07) is 55.1. The van der Waals surface area contributed by atoms with Gasteiger partial charge in [0, 0.05) is 9.86 Å². The summed E-state index contributed by atoms with van der Waals surface area (Å²) in [6.07, 6.45) is 0. The topological polar surface area (TPSA) is 0 Å². The molecule has 0 aliphatic carbocycles. The fourth-order valence-corrected chi connectivity index (χ4v) is 7.16. The molecule has 0 heterocycles. The Kier molecular flexibility index (Phi) is 5.72. The van der Waals surface area contributed by atoms with Crippen LogP contribution in [0.4, 0.5) is 0 Å². The summed E-state index contributed by atoms with van der Waals surface area (Å²) in [5.74, 6) is 0. The Labute approximate surface area is 247 Å². The van der Waals surface area contributed by atoms with E-state index in [2.05, 4.69) is 168 Å². The second-order valence-electron chi connectivity index (χ2n) is 10.6. The Balaban J connectivity index is 1.46. The number of hydrogen-bond acceptors (Lipinski definition) is 0. The lowest BCUT2D eigenvalue weighted by atomic mass is 9.86. The SMILES string of the molecule is Brc1c2ccccc2c(-c2cccc(-c3ccccc3)c2)c2cccc(-c3cccc4cc5ccccc5cc34)c12. The van der Waals surface area contributed by atoms with Crippen molar-refractivity contribution in [3.05, 3.63) is 156 Å². The van der Waals surface area contributed by atoms with Crippen LogP contribution in [-0.2, 0) is 0 Å². The summed E-state index contributed by atoms with van der Waals surface area (Å²) < 4.78 is 1.14. The maximum absolute atomic E-state index is 4.09. The van der Waals surface area contributed by atoms with E-state index >= 15 is 0 Å². The minimum Gasteiger partial charge on any atom is -0.0622 e. The summed E-state index contributed by atoms with van der Waals surface area (Å²) in [6.45, 7) is 0. The van der Waals surface area contributed by atoms with Gasteiger partial charge in [-0.15, -0.1) is 0 Å². The van der Waals surface area contributed by atoms with Crippen LogP contribution in [0.3, 0.4) is 0 Å². The molecule has 0 fully saturated rings. The molecule has 0 nitrogen and oxygen atoms in total. The summed E-state index contributed by atoms with van der Waals surface area (Å²) in [4.78, 5) is 0. The van der Waals surface area contributed by atoms with Gasteiger partial charge in [-0.2, -0.15) is 0 Å². The summed E-state index contributed by atoms with van der Waals surface area (Å²) in [5.41, 5.74) is 7.43. The number of fused-ring (bicyclic) bond motifs is 4. The van der Waals surface area contributed by atoms with Gasteiger partial charge < -0.3 is 0 Å². The van der Waals surface area contributed by atoms with Crippen molar-refractivity contribution in [3.63, 3.8) is 0 Å². The van der Waals surface area contributed by atoms with E-state index in [4.69, 9.17) is 0 Å². The van der Waals surface area contributed by atoms with Gasteiger partial charge in [-0.3, -0.25) is 0 Å². The molecule has 0 aliphatic heterocycles. The number of rotatable bonds is 3. The highest BCUT2D eigenvalue weighted by Gasteiger charge is 2.18. The van der Waals surface area contributed by atoms with E-state index in [1.807, 2.05) is 0 Å². The zero-order valence-corrected chi connectivity index (χ0v) is 23.9. The Bertz CT molecular complexity index is 2260. The van der Waals surface area contributed by atoms with Crippen molar-refractivity contribution < 1.29 is 0 Å². The molecule has 192 valence electrons. The van der Waals surface area contributed by atoms with Crippen LogP contribution in [0, 0.1) is 0 Å². The van der Waals surface area contributed by atoms with Gasteiger partial charge in [0.15, 0.2) is 0 Å². The van der Waals surface area contributed by atoms with Gasteiger partial charge in [0.05, 0.1) is 0 Å². The third-order valence-corrected chi connectivity index (χ3v) is 9.11. The summed E-state index contributed by atoms with van der Waals surface area (Å²) in [5, 5.41) is 10.0. The average molecular weight is 586 g/mol. The molecule has 8 rings (SSSR count). The van der Waals surface area contributed by atoms with E-state index in [0.717, 1.165) is 4.47 Å². The maximum Gasteiger partial charge on any atom is 0.0338 e. The van der Waals surface area contributed by atoms with Crippen molar-refractivity contribution in [2.24, 2.45) is 0 Å². The van der Waals surface area contributed by atoms with Gasteiger partial charge in [-0.1, -0.05) is 133 Å². The van der Waals surface area contributed by atoms with E-state index in [1.54, 1.807) is 0 Å². The average Bonchev–Trinajstić information content (AvgIpc) is 3.04. The zero-order chi connectivity index (χ0) is 27.3. The smallest absolute Gasteiger partial charge is 0.0338 e. The van der Waals surface area contributed by atoms with E-state index < -0.39 is 0 Å². The molecular weight excluding hydrogens is 560 g/mol. The van der Waals surface area contributed by atoms with Crippen molar-refractivity contribution in [1.29, 1.82) is 0 Å². The molecule has 0 atom stereocenters. The second kappa shape index (κ2) is 9.73. The quantitative estimate of drug-likeness (QED) is 0.181. The molecule has 0 radical (unpaired) electrons. The fraction of sp³-hybridized carbons (Fsp3) is 0. The van der Waals surface area contributed by atoms with Gasteiger partial charge in [0.25, 0.3) is 0 Å². The first-order chi connectivity index (χ1) is 20.3. The molecule has 1 heteroatoms. The van der Waals surface area contributed by atoms with Crippen molar-refractivity contribution in [1.82, 2.24) is 0 Å². The largest absolute Gasteiger partial charge is 0.0622 e. The Hall–Kier alpha value is -4.72. The lowest BCUT2D eigenvalue weighted by molar-refractivity contribution is 1.61. The number of hydrogen-bond donors (Lipinski definition) is 0. The van der Waals surface area contributed by atoms with Gasteiger partial charge in [-0.05, 0) is 105 Å². The minimum absolute atomic E-state index is 1.14. The molecule has 0 aliphatic rings. The molecule has 0 bridgehead atoms. The van der Waals surface area contributed by atoms with Crippen LogP contribution in [0.2, 0.25) is 0 Å². The van der Waals surface area contributed by atoms with Crippen LogP contribution < -0.4 is 0 Å². The van der Waals surface area contributed by atoms with Crippen LogP contribution >= 0.6 is 15.9 Å². The van der Waals surface area contributed by atoms with Crippen molar-refractivity contribution in [2.75, 3.05) is 0 Å². The van der Waals surface area contributed by atoms with E-state index in [0.29, 0.717) is 0 Å². The molecular formula is C40H25Br. The molecule has 8 aromatic carbocycles. The molecule has 0 spiro atoms. The third kappa shape index (κ3) is 3.96. The molecule has 41 heavy (non-hydrogen) atoms. The van der Waals surface area contributed by atoms with Crippen molar-refractivity contribution in [2.45, 2.75) is 0 Å². The molecule has 0 amide bonds. The lowest BCUT2D eigenvalue weighted by Gasteiger charge is -2.19. The number of benzene rings is 8. The standard InChI is InChI=1S/C40H25Br/c41-40-35-19-7-6-18-34(35)38(31-17-8-15-27(24-31)26-11-2-1-3-12-26)36-22-10-21-33(39(36)40)32-20-9-16-30-23-28-13-4-5-14-29(28)25-37(30)32/h1-25H. The first-order valence-corrected chi connectivity index (χ1v) is 14.8. The van der Waals surface area contributed by atoms with E-state index in [-0.39, 0.29) is 0 Å². The summed E-state index contributed by atoms with van der Waals surface area (Å²) in [7, 11) is 0. The molecule has 0 aromatic heterocycles. The first-order valence-electron chi connectivity index (χ1n) is 14.0. The van der Waals surface area contributed by atoms with Crippen LogP contribution in [0.15, 0.2) is 156 Å². The van der Waals surface area contributed by atoms with Gasteiger partial charge in [0.2, 0.25) is 0 Å².